The zero-order valence-corrected chi connectivity index (χ0v) is 17.8. The average Bonchev–Trinajstić information content (AvgIpc) is 3.13. The normalized spacial score (nSPS) is 11.6. The summed E-state index contributed by atoms with van der Waals surface area (Å²) < 4.78 is 52.3. The Morgan fingerprint density at radius 3 is 2.16 bits per heavy atom. The molecule has 5 nitrogen and oxygen atoms in total. The number of alkyl halides is 3. The van der Waals surface area contributed by atoms with Gasteiger partial charge < -0.3 is 9.47 Å². The minimum atomic E-state index is -4.69. The standard InChI is InChI=1S/C22H13Cl2F3N2O3/c1-31-17-6-7-19-18(11-17)28-21(22(25,26)27)29(19)15-2-4-16(5-3-15)32-20(30)12-8-13(23)10-14(24)9-12/h2-11H,1H3. The fourth-order valence-electron chi connectivity index (χ4n) is 3.14. The van der Waals surface area contributed by atoms with E-state index in [-0.39, 0.29) is 38.1 Å². The second kappa shape index (κ2) is 8.37. The first-order chi connectivity index (χ1) is 15.2. The number of ether oxygens (including phenoxy) is 2. The molecular formula is C22H13Cl2F3N2O3. The van der Waals surface area contributed by atoms with Crippen LogP contribution in [0.1, 0.15) is 16.2 Å². The molecule has 0 N–H and O–H groups in total. The molecule has 0 saturated heterocycles. The van der Waals surface area contributed by atoms with Crippen LogP contribution in [0.15, 0.2) is 60.7 Å². The predicted molar refractivity (Wildman–Crippen MR) is 114 cm³/mol. The maximum Gasteiger partial charge on any atom is 0.450 e. The van der Waals surface area contributed by atoms with E-state index in [1.165, 1.54) is 61.7 Å². The van der Waals surface area contributed by atoms with Crippen molar-refractivity contribution in [3.63, 3.8) is 0 Å². The third-order valence-electron chi connectivity index (χ3n) is 4.52. The summed E-state index contributed by atoms with van der Waals surface area (Å²) in [5.41, 5.74) is 0.706. The minimum Gasteiger partial charge on any atom is -0.497 e. The van der Waals surface area contributed by atoms with Gasteiger partial charge in [0.2, 0.25) is 5.82 Å². The van der Waals surface area contributed by atoms with Gasteiger partial charge in [-0.2, -0.15) is 13.2 Å². The van der Waals surface area contributed by atoms with Gasteiger partial charge in [0, 0.05) is 21.8 Å². The fourth-order valence-corrected chi connectivity index (χ4v) is 3.67. The van der Waals surface area contributed by atoms with Crippen LogP contribution in [0.5, 0.6) is 11.5 Å². The quantitative estimate of drug-likeness (QED) is 0.244. The number of rotatable bonds is 4. The first-order valence-electron chi connectivity index (χ1n) is 9.08. The molecule has 1 heterocycles. The molecule has 164 valence electrons. The molecule has 3 aromatic carbocycles. The molecule has 0 radical (unpaired) electrons. The number of hydrogen-bond acceptors (Lipinski definition) is 4. The van der Waals surface area contributed by atoms with Crippen LogP contribution in [0.2, 0.25) is 10.0 Å². The van der Waals surface area contributed by atoms with E-state index in [1.807, 2.05) is 0 Å². The molecular weight excluding hydrogens is 468 g/mol. The van der Waals surface area contributed by atoms with Crippen molar-refractivity contribution in [1.29, 1.82) is 0 Å². The summed E-state index contributed by atoms with van der Waals surface area (Å²) in [4.78, 5) is 16.1. The monoisotopic (exact) mass is 480 g/mol. The number of hydrogen-bond donors (Lipinski definition) is 0. The zero-order chi connectivity index (χ0) is 23.0. The van der Waals surface area contributed by atoms with Crippen LogP contribution < -0.4 is 9.47 Å². The molecule has 0 aliphatic heterocycles. The molecule has 0 fully saturated rings. The number of nitrogens with zero attached hydrogens (tertiary/aromatic N) is 2. The number of halogens is 5. The van der Waals surface area contributed by atoms with Crippen LogP contribution in [-0.2, 0) is 6.18 Å². The molecule has 0 aliphatic rings. The van der Waals surface area contributed by atoms with Gasteiger partial charge in [-0.15, -0.1) is 0 Å². The highest BCUT2D eigenvalue weighted by molar-refractivity contribution is 6.35. The van der Waals surface area contributed by atoms with Crippen molar-refractivity contribution in [1.82, 2.24) is 9.55 Å². The summed E-state index contributed by atoms with van der Waals surface area (Å²) in [7, 11) is 1.42. The van der Waals surface area contributed by atoms with E-state index in [0.29, 0.717) is 5.75 Å². The number of aromatic nitrogens is 2. The lowest BCUT2D eigenvalue weighted by Crippen LogP contribution is -2.14. The largest absolute Gasteiger partial charge is 0.497 e. The first kappa shape index (κ1) is 22.0. The maximum atomic E-state index is 13.7. The molecule has 0 amide bonds. The lowest BCUT2D eigenvalue weighted by atomic mass is 10.2. The number of carbonyl (C=O) groups excluding carboxylic acids is 1. The Labute approximate surface area is 189 Å². The van der Waals surface area contributed by atoms with E-state index in [0.717, 1.165) is 4.57 Å². The minimum absolute atomic E-state index is 0.130. The Bertz CT molecular complexity index is 1300. The maximum absolute atomic E-state index is 13.7. The summed E-state index contributed by atoms with van der Waals surface area (Å²) in [5, 5.41) is 0.534. The van der Waals surface area contributed by atoms with E-state index in [2.05, 4.69) is 4.98 Å². The van der Waals surface area contributed by atoms with Crippen LogP contribution >= 0.6 is 23.2 Å². The van der Waals surface area contributed by atoms with Crippen molar-refractivity contribution in [3.05, 3.63) is 82.1 Å². The summed E-state index contributed by atoms with van der Waals surface area (Å²) >= 11 is 11.8. The molecule has 0 saturated carbocycles. The van der Waals surface area contributed by atoms with E-state index in [1.54, 1.807) is 6.07 Å². The zero-order valence-electron chi connectivity index (χ0n) is 16.3. The van der Waals surface area contributed by atoms with Crippen molar-refractivity contribution < 1.29 is 27.4 Å². The molecule has 32 heavy (non-hydrogen) atoms. The Morgan fingerprint density at radius 2 is 1.56 bits per heavy atom. The van der Waals surface area contributed by atoms with Crippen molar-refractivity contribution in [2.24, 2.45) is 0 Å². The highest BCUT2D eigenvalue weighted by Crippen LogP contribution is 2.35. The number of carbonyl (C=O) groups is 1. The Hall–Kier alpha value is -3.23. The summed E-state index contributed by atoms with van der Waals surface area (Å²) in [6, 6.07) is 14.3. The van der Waals surface area contributed by atoms with Crippen LogP contribution in [0.25, 0.3) is 16.7 Å². The number of benzene rings is 3. The Morgan fingerprint density at radius 1 is 0.938 bits per heavy atom. The van der Waals surface area contributed by atoms with Gasteiger partial charge in [-0.05, 0) is 54.6 Å². The summed E-state index contributed by atoms with van der Waals surface area (Å²) in [6.45, 7) is 0. The number of methoxy groups -OCH3 is 1. The highest BCUT2D eigenvalue weighted by atomic mass is 35.5. The van der Waals surface area contributed by atoms with E-state index >= 15 is 0 Å². The smallest absolute Gasteiger partial charge is 0.450 e. The second-order valence-corrected chi connectivity index (χ2v) is 7.54. The Balaban J connectivity index is 1.69. The Kier molecular flexibility index (Phi) is 5.75. The SMILES string of the molecule is COc1ccc2c(c1)nc(C(F)(F)F)n2-c1ccc(OC(=O)c2cc(Cl)cc(Cl)c2)cc1. The third-order valence-corrected chi connectivity index (χ3v) is 4.96. The molecule has 0 atom stereocenters. The number of imidazole rings is 1. The van der Waals surface area contributed by atoms with Gasteiger partial charge in [-0.1, -0.05) is 23.2 Å². The van der Waals surface area contributed by atoms with Gasteiger partial charge in [-0.25, -0.2) is 9.78 Å². The van der Waals surface area contributed by atoms with Gasteiger partial charge >= 0.3 is 12.1 Å². The summed E-state index contributed by atoms with van der Waals surface area (Å²) in [6.07, 6.45) is -4.69. The van der Waals surface area contributed by atoms with E-state index in [4.69, 9.17) is 32.7 Å². The number of esters is 1. The van der Waals surface area contributed by atoms with E-state index < -0.39 is 18.0 Å². The van der Waals surface area contributed by atoms with Crippen molar-refractivity contribution in [2.45, 2.75) is 6.18 Å². The van der Waals surface area contributed by atoms with Crippen molar-refractivity contribution in [3.8, 4) is 17.2 Å². The average molecular weight is 481 g/mol. The fraction of sp³-hybridized carbons (Fsp3) is 0.0909. The number of fused-ring (bicyclic) bond motifs is 1. The predicted octanol–water partition coefficient (Wildman–Crippen LogP) is 6.58. The molecule has 0 bridgehead atoms. The van der Waals surface area contributed by atoms with Crippen LogP contribution in [0.3, 0.4) is 0 Å². The molecule has 0 spiro atoms. The highest BCUT2D eigenvalue weighted by Gasteiger charge is 2.38. The first-order valence-corrected chi connectivity index (χ1v) is 9.84. The topological polar surface area (TPSA) is 53.4 Å². The van der Waals surface area contributed by atoms with Gasteiger partial charge in [0.05, 0.1) is 23.7 Å². The lowest BCUT2D eigenvalue weighted by molar-refractivity contribution is -0.145. The second-order valence-electron chi connectivity index (χ2n) is 6.66. The molecule has 0 unspecified atom stereocenters. The molecule has 4 rings (SSSR count). The van der Waals surface area contributed by atoms with Gasteiger partial charge in [0.25, 0.3) is 0 Å². The molecule has 4 aromatic rings. The van der Waals surface area contributed by atoms with Gasteiger partial charge in [0.1, 0.15) is 11.5 Å². The molecule has 0 aliphatic carbocycles. The van der Waals surface area contributed by atoms with Gasteiger partial charge in [-0.3, -0.25) is 4.57 Å². The van der Waals surface area contributed by atoms with Crippen LogP contribution in [-0.4, -0.2) is 22.6 Å². The molecule has 1 aromatic heterocycles. The van der Waals surface area contributed by atoms with Crippen LogP contribution in [0, 0.1) is 0 Å². The van der Waals surface area contributed by atoms with Gasteiger partial charge in [0.15, 0.2) is 0 Å². The van der Waals surface area contributed by atoms with Crippen molar-refractivity contribution >= 4 is 40.2 Å². The molecule has 10 heteroatoms. The summed E-state index contributed by atoms with van der Waals surface area (Å²) in [5.74, 6) is -1.27. The third kappa shape index (κ3) is 4.37. The van der Waals surface area contributed by atoms with E-state index in [9.17, 15) is 18.0 Å². The van der Waals surface area contributed by atoms with Crippen molar-refractivity contribution in [2.75, 3.05) is 7.11 Å². The van der Waals surface area contributed by atoms with Crippen LogP contribution in [0.4, 0.5) is 13.2 Å². The lowest BCUT2D eigenvalue weighted by Gasteiger charge is -2.12.